The summed E-state index contributed by atoms with van der Waals surface area (Å²) in [4.78, 5) is 11.6. The number of hydrogen-bond donors (Lipinski definition) is 2. The van der Waals surface area contributed by atoms with Gasteiger partial charge in [-0.3, -0.25) is 0 Å². The SMILES string of the molecule is CC(COc1ccc(OC(C)C)cc1)Nc1nc(N)nc(Cl)n1. The molecule has 2 rings (SSSR count). The summed E-state index contributed by atoms with van der Waals surface area (Å²) in [7, 11) is 0. The molecular weight excluding hydrogens is 318 g/mol. The smallest absolute Gasteiger partial charge is 0.229 e. The molecule has 0 saturated heterocycles. The molecule has 1 heterocycles. The van der Waals surface area contributed by atoms with Crippen LogP contribution in [0.5, 0.6) is 11.5 Å². The van der Waals surface area contributed by atoms with Gasteiger partial charge in [-0.15, -0.1) is 0 Å². The van der Waals surface area contributed by atoms with E-state index in [0.717, 1.165) is 11.5 Å². The average molecular weight is 338 g/mol. The van der Waals surface area contributed by atoms with Gasteiger partial charge in [-0.05, 0) is 56.6 Å². The molecule has 0 spiro atoms. The maximum Gasteiger partial charge on any atom is 0.229 e. The van der Waals surface area contributed by atoms with Gasteiger partial charge < -0.3 is 20.5 Å². The zero-order valence-electron chi connectivity index (χ0n) is 13.3. The van der Waals surface area contributed by atoms with Crippen LogP contribution in [0, 0.1) is 0 Å². The van der Waals surface area contributed by atoms with Crippen molar-refractivity contribution >= 4 is 23.5 Å². The van der Waals surface area contributed by atoms with Gasteiger partial charge in [0.15, 0.2) is 0 Å². The van der Waals surface area contributed by atoms with E-state index in [1.165, 1.54) is 0 Å². The monoisotopic (exact) mass is 337 g/mol. The van der Waals surface area contributed by atoms with Crippen LogP contribution in [0.15, 0.2) is 24.3 Å². The second kappa shape index (κ2) is 7.82. The van der Waals surface area contributed by atoms with Crippen LogP contribution in [0.3, 0.4) is 0 Å². The molecule has 1 aromatic carbocycles. The zero-order chi connectivity index (χ0) is 16.8. The van der Waals surface area contributed by atoms with Crippen molar-refractivity contribution in [2.75, 3.05) is 17.7 Å². The highest BCUT2D eigenvalue weighted by Gasteiger charge is 2.08. The van der Waals surface area contributed by atoms with Gasteiger partial charge in [0.2, 0.25) is 17.2 Å². The number of halogens is 1. The van der Waals surface area contributed by atoms with E-state index >= 15 is 0 Å². The first-order valence-corrected chi connectivity index (χ1v) is 7.63. The number of anilines is 2. The fourth-order valence-corrected chi connectivity index (χ4v) is 1.97. The first kappa shape index (κ1) is 17.1. The number of aromatic nitrogens is 3. The molecule has 23 heavy (non-hydrogen) atoms. The van der Waals surface area contributed by atoms with Crippen molar-refractivity contribution in [3.8, 4) is 11.5 Å². The van der Waals surface area contributed by atoms with E-state index in [0.29, 0.717) is 12.6 Å². The normalized spacial score (nSPS) is 12.0. The Morgan fingerprint density at radius 3 is 2.35 bits per heavy atom. The van der Waals surface area contributed by atoms with E-state index in [-0.39, 0.29) is 23.4 Å². The van der Waals surface area contributed by atoms with Gasteiger partial charge in [0, 0.05) is 0 Å². The first-order valence-electron chi connectivity index (χ1n) is 7.25. The van der Waals surface area contributed by atoms with E-state index in [1.807, 2.05) is 45.0 Å². The lowest BCUT2D eigenvalue weighted by atomic mass is 10.3. The standard InChI is InChI=1S/C15H20ClN5O2/c1-9(2)23-12-6-4-11(5-7-12)22-8-10(3)18-15-20-13(16)19-14(17)21-15/h4-7,9-10H,8H2,1-3H3,(H3,17,18,19,20,21). The van der Waals surface area contributed by atoms with Crippen molar-refractivity contribution < 1.29 is 9.47 Å². The van der Waals surface area contributed by atoms with Gasteiger partial charge in [-0.2, -0.15) is 15.0 Å². The van der Waals surface area contributed by atoms with Crippen LogP contribution in [0.1, 0.15) is 20.8 Å². The topological polar surface area (TPSA) is 95.2 Å². The van der Waals surface area contributed by atoms with Crippen molar-refractivity contribution in [1.29, 1.82) is 0 Å². The lowest BCUT2D eigenvalue weighted by Gasteiger charge is -2.15. The van der Waals surface area contributed by atoms with Gasteiger partial charge >= 0.3 is 0 Å². The van der Waals surface area contributed by atoms with Gasteiger partial charge in [0.25, 0.3) is 0 Å². The zero-order valence-corrected chi connectivity index (χ0v) is 14.0. The number of nitrogens with one attached hydrogen (secondary N) is 1. The van der Waals surface area contributed by atoms with E-state index in [1.54, 1.807) is 0 Å². The molecule has 8 heteroatoms. The number of nitrogens with two attached hydrogens (primary N) is 1. The molecule has 1 atom stereocenters. The number of nitrogens with zero attached hydrogens (tertiary/aromatic N) is 3. The highest BCUT2D eigenvalue weighted by molar-refractivity contribution is 6.28. The summed E-state index contributed by atoms with van der Waals surface area (Å²) >= 11 is 5.73. The molecule has 0 bridgehead atoms. The van der Waals surface area contributed by atoms with Crippen LogP contribution >= 0.6 is 11.6 Å². The minimum atomic E-state index is -0.0422. The summed E-state index contributed by atoms with van der Waals surface area (Å²) in [5, 5.41) is 3.10. The van der Waals surface area contributed by atoms with Crippen molar-refractivity contribution in [3.63, 3.8) is 0 Å². The third-order valence-electron chi connectivity index (χ3n) is 2.70. The van der Waals surface area contributed by atoms with Crippen LogP contribution in [0.4, 0.5) is 11.9 Å². The molecule has 124 valence electrons. The largest absolute Gasteiger partial charge is 0.491 e. The molecule has 0 radical (unpaired) electrons. The van der Waals surface area contributed by atoms with Crippen LogP contribution in [-0.4, -0.2) is 33.7 Å². The molecule has 0 aliphatic carbocycles. The van der Waals surface area contributed by atoms with E-state index < -0.39 is 0 Å². The molecule has 3 N–H and O–H groups in total. The quantitative estimate of drug-likeness (QED) is 0.802. The number of rotatable bonds is 7. The lowest BCUT2D eigenvalue weighted by Crippen LogP contribution is -2.25. The molecular formula is C15H20ClN5O2. The van der Waals surface area contributed by atoms with Crippen LogP contribution < -0.4 is 20.5 Å². The van der Waals surface area contributed by atoms with Crippen LogP contribution in [0.25, 0.3) is 0 Å². The summed E-state index contributed by atoms with van der Waals surface area (Å²) in [6, 6.07) is 7.43. The fraction of sp³-hybridized carbons (Fsp3) is 0.400. The Bertz CT molecular complexity index is 616. The Morgan fingerprint density at radius 1 is 1.09 bits per heavy atom. The Balaban J connectivity index is 1.85. The van der Waals surface area contributed by atoms with E-state index in [4.69, 9.17) is 26.8 Å². The van der Waals surface area contributed by atoms with Gasteiger partial charge in [-0.25, -0.2) is 0 Å². The Kier molecular flexibility index (Phi) is 5.81. The van der Waals surface area contributed by atoms with Gasteiger partial charge in [0.1, 0.15) is 18.1 Å². The van der Waals surface area contributed by atoms with Crippen LogP contribution in [-0.2, 0) is 0 Å². The maximum absolute atomic E-state index is 5.73. The van der Waals surface area contributed by atoms with Crippen molar-refractivity contribution in [2.45, 2.75) is 32.9 Å². The third-order valence-corrected chi connectivity index (χ3v) is 2.87. The number of ether oxygens (including phenoxy) is 2. The molecule has 1 unspecified atom stereocenters. The Hall–Kier alpha value is -2.28. The highest BCUT2D eigenvalue weighted by atomic mass is 35.5. The number of hydrogen-bond acceptors (Lipinski definition) is 7. The number of benzene rings is 1. The van der Waals surface area contributed by atoms with Crippen molar-refractivity contribution in [2.24, 2.45) is 0 Å². The summed E-state index contributed by atoms with van der Waals surface area (Å²) < 4.78 is 11.3. The summed E-state index contributed by atoms with van der Waals surface area (Å²) in [5.74, 6) is 1.96. The summed E-state index contributed by atoms with van der Waals surface area (Å²) in [6.07, 6.45) is 0.144. The molecule has 2 aromatic rings. The molecule has 7 nitrogen and oxygen atoms in total. The molecule has 0 aliphatic heterocycles. The van der Waals surface area contributed by atoms with Crippen molar-refractivity contribution in [1.82, 2.24) is 15.0 Å². The molecule has 1 aromatic heterocycles. The van der Waals surface area contributed by atoms with Gasteiger partial charge in [-0.1, -0.05) is 0 Å². The maximum atomic E-state index is 5.73. The molecule has 0 amide bonds. The number of nitrogen functional groups attached to an aromatic ring is 1. The molecule has 0 aliphatic rings. The Labute approximate surface area is 140 Å². The van der Waals surface area contributed by atoms with E-state index in [9.17, 15) is 0 Å². The average Bonchev–Trinajstić information content (AvgIpc) is 2.45. The predicted molar refractivity (Wildman–Crippen MR) is 90.0 cm³/mol. The predicted octanol–water partition coefficient (Wildman–Crippen LogP) is 2.77. The minimum absolute atomic E-state index is 0.0422. The molecule has 0 saturated carbocycles. The van der Waals surface area contributed by atoms with E-state index in [2.05, 4.69) is 20.3 Å². The highest BCUT2D eigenvalue weighted by Crippen LogP contribution is 2.19. The first-order chi connectivity index (χ1) is 10.9. The van der Waals surface area contributed by atoms with Crippen LogP contribution in [0.2, 0.25) is 5.28 Å². The minimum Gasteiger partial charge on any atom is -0.491 e. The third kappa shape index (κ3) is 5.78. The fourth-order valence-electron chi connectivity index (χ4n) is 1.80. The van der Waals surface area contributed by atoms with Gasteiger partial charge in [0.05, 0.1) is 12.1 Å². The lowest BCUT2D eigenvalue weighted by molar-refractivity contribution is 0.241. The second-order valence-corrected chi connectivity index (χ2v) is 5.62. The summed E-state index contributed by atoms with van der Waals surface area (Å²) in [6.45, 7) is 6.33. The molecule has 0 fully saturated rings. The summed E-state index contributed by atoms with van der Waals surface area (Å²) in [5.41, 5.74) is 5.52. The van der Waals surface area contributed by atoms with Crippen molar-refractivity contribution in [3.05, 3.63) is 29.5 Å². The Morgan fingerprint density at radius 2 is 1.74 bits per heavy atom. The second-order valence-electron chi connectivity index (χ2n) is 5.28.